The van der Waals surface area contributed by atoms with Gasteiger partial charge in [0.2, 0.25) is 0 Å². The normalized spacial score (nSPS) is 16.2. The van der Waals surface area contributed by atoms with Crippen molar-refractivity contribution in [3.8, 4) is 0 Å². The molecule has 0 fully saturated rings. The summed E-state index contributed by atoms with van der Waals surface area (Å²) in [6.45, 7) is 9.16. The molecule has 0 saturated carbocycles. The number of aliphatic hydroxyl groups is 1. The monoisotopic (exact) mass is 178 g/mol. The largest absolute Gasteiger partial charge is 0.388 e. The van der Waals surface area contributed by atoms with E-state index in [4.69, 9.17) is 0 Å². The molecule has 0 aliphatic rings. The second kappa shape index (κ2) is 7.56. The van der Waals surface area contributed by atoms with E-state index in [-0.39, 0.29) is 5.92 Å². The first-order valence-corrected chi connectivity index (χ1v) is 4.47. The van der Waals surface area contributed by atoms with Gasteiger partial charge in [0.1, 0.15) is 0 Å². The maximum absolute atomic E-state index is 9.59. The number of aliphatic hydroxyl groups excluding tert-OH is 1. The minimum atomic E-state index is -0.433. The Bertz CT molecular complexity index is 201. The molecule has 13 heavy (non-hydrogen) atoms. The summed E-state index contributed by atoms with van der Waals surface area (Å²) in [6.07, 6.45) is 11.3. The van der Waals surface area contributed by atoms with Gasteiger partial charge < -0.3 is 5.11 Å². The van der Waals surface area contributed by atoms with Crippen molar-refractivity contribution in [3.63, 3.8) is 0 Å². The van der Waals surface area contributed by atoms with Crippen LogP contribution in [0.3, 0.4) is 0 Å². The summed E-state index contributed by atoms with van der Waals surface area (Å²) in [4.78, 5) is 0. The van der Waals surface area contributed by atoms with Crippen LogP contribution in [0.15, 0.2) is 49.6 Å². The SMILES string of the molecule is C=C/C=C/CC(C=C)C(O)/C=C\C. The molecule has 0 amide bonds. The molecule has 0 rings (SSSR count). The lowest BCUT2D eigenvalue weighted by Crippen LogP contribution is -2.14. The fourth-order valence-corrected chi connectivity index (χ4v) is 1.05. The molecule has 0 aliphatic carbocycles. The fraction of sp³-hybridized carbons (Fsp3) is 0.333. The van der Waals surface area contributed by atoms with Crippen LogP contribution in [0.25, 0.3) is 0 Å². The third kappa shape index (κ3) is 5.21. The Morgan fingerprint density at radius 1 is 1.38 bits per heavy atom. The Hall–Kier alpha value is -1.08. The molecule has 0 aliphatic heterocycles. The van der Waals surface area contributed by atoms with Crippen molar-refractivity contribution in [1.29, 1.82) is 0 Å². The van der Waals surface area contributed by atoms with Gasteiger partial charge in [-0.05, 0) is 13.3 Å². The number of hydrogen-bond donors (Lipinski definition) is 1. The topological polar surface area (TPSA) is 20.2 Å². The summed E-state index contributed by atoms with van der Waals surface area (Å²) in [6, 6.07) is 0. The van der Waals surface area contributed by atoms with Crippen LogP contribution in [0, 0.1) is 5.92 Å². The minimum absolute atomic E-state index is 0.0902. The Morgan fingerprint density at radius 3 is 2.54 bits per heavy atom. The van der Waals surface area contributed by atoms with Crippen LogP contribution in [0.2, 0.25) is 0 Å². The zero-order valence-corrected chi connectivity index (χ0v) is 8.19. The van der Waals surface area contributed by atoms with Gasteiger partial charge in [0.15, 0.2) is 0 Å². The quantitative estimate of drug-likeness (QED) is 0.490. The molecule has 72 valence electrons. The molecule has 0 aromatic rings. The predicted octanol–water partition coefficient (Wildman–Crippen LogP) is 2.86. The molecular weight excluding hydrogens is 160 g/mol. The average Bonchev–Trinajstić information content (AvgIpc) is 2.13. The van der Waals surface area contributed by atoms with Crippen LogP contribution < -0.4 is 0 Å². The molecule has 1 nitrogen and oxygen atoms in total. The van der Waals surface area contributed by atoms with Crippen LogP contribution in [-0.4, -0.2) is 11.2 Å². The van der Waals surface area contributed by atoms with Crippen LogP contribution in [-0.2, 0) is 0 Å². The summed E-state index contributed by atoms with van der Waals surface area (Å²) in [5, 5.41) is 9.59. The maximum atomic E-state index is 9.59. The zero-order chi connectivity index (χ0) is 10.1. The first kappa shape index (κ1) is 11.9. The standard InChI is InChI=1S/C12H18O/c1-4-7-8-10-11(6-3)12(13)9-5-2/h4-9,11-13H,1,3,10H2,2H3/b8-7+,9-5-. The van der Waals surface area contributed by atoms with E-state index in [9.17, 15) is 5.11 Å². The summed E-state index contributed by atoms with van der Waals surface area (Å²) in [5.41, 5.74) is 0. The van der Waals surface area contributed by atoms with E-state index in [0.717, 1.165) is 6.42 Å². The first-order chi connectivity index (χ1) is 6.26. The van der Waals surface area contributed by atoms with Gasteiger partial charge >= 0.3 is 0 Å². The van der Waals surface area contributed by atoms with E-state index in [0.29, 0.717) is 0 Å². The lowest BCUT2D eigenvalue weighted by atomic mass is 9.98. The Balaban J connectivity index is 4.08. The average molecular weight is 178 g/mol. The third-order valence-electron chi connectivity index (χ3n) is 1.81. The van der Waals surface area contributed by atoms with Crippen molar-refractivity contribution in [3.05, 3.63) is 49.6 Å². The molecule has 0 radical (unpaired) electrons. The Morgan fingerprint density at radius 2 is 2.08 bits per heavy atom. The molecule has 2 unspecified atom stereocenters. The van der Waals surface area contributed by atoms with Crippen molar-refractivity contribution in [2.75, 3.05) is 0 Å². The van der Waals surface area contributed by atoms with Crippen LogP contribution in [0.5, 0.6) is 0 Å². The number of rotatable bonds is 6. The van der Waals surface area contributed by atoms with Crippen molar-refractivity contribution >= 4 is 0 Å². The van der Waals surface area contributed by atoms with Gasteiger partial charge in [0.05, 0.1) is 6.10 Å². The van der Waals surface area contributed by atoms with Crippen LogP contribution in [0.1, 0.15) is 13.3 Å². The molecule has 0 aromatic carbocycles. The van der Waals surface area contributed by atoms with Crippen LogP contribution >= 0.6 is 0 Å². The second-order valence-electron chi connectivity index (χ2n) is 2.82. The van der Waals surface area contributed by atoms with E-state index >= 15 is 0 Å². The van der Waals surface area contributed by atoms with E-state index < -0.39 is 6.10 Å². The van der Waals surface area contributed by atoms with Gasteiger partial charge in [0, 0.05) is 5.92 Å². The van der Waals surface area contributed by atoms with Crippen molar-refractivity contribution in [2.45, 2.75) is 19.4 Å². The van der Waals surface area contributed by atoms with E-state index in [1.54, 1.807) is 18.2 Å². The van der Waals surface area contributed by atoms with Gasteiger partial charge in [-0.25, -0.2) is 0 Å². The van der Waals surface area contributed by atoms with Crippen molar-refractivity contribution in [1.82, 2.24) is 0 Å². The Labute approximate surface area is 80.8 Å². The maximum Gasteiger partial charge on any atom is 0.0786 e. The van der Waals surface area contributed by atoms with Gasteiger partial charge in [-0.15, -0.1) is 6.58 Å². The summed E-state index contributed by atoms with van der Waals surface area (Å²) in [7, 11) is 0. The molecule has 0 aromatic heterocycles. The summed E-state index contributed by atoms with van der Waals surface area (Å²) in [5.74, 6) is 0.0902. The molecule has 1 N–H and O–H groups in total. The lowest BCUT2D eigenvalue weighted by Gasteiger charge is -2.13. The minimum Gasteiger partial charge on any atom is -0.388 e. The zero-order valence-electron chi connectivity index (χ0n) is 8.19. The molecule has 2 atom stereocenters. The first-order valence-electron chi connectivity index (χ1n) is 4.47. The third-order valence-corrected chi connectivity index (χ3v) is 1.81. The van der Waals surface area contributed by atoms with Gasteiger partial charge in [-0.3, -0.25) is 0 Å². The van der Waals surface area contributed by atoms with Gasteiger partial charge in [-0.1, -0.05) is 43.0 Å². The highest BCUT2D eigenvalue weighted by atomic mass is 16.3. The highest BCUT2D eigenvalue weighted by Gasteiger charge is 2.10. The lowest BCUT2D eigenvalue weighted by molar-refractivity contribution is 0.178. The van der Waals surface area contributed by atoms with E-state index in [1.807, 2.05) is 25.2 Å². The summed E-state index contributed by atoms with van der Waals surface area (Å²) >= 11 is 0. The van der Waals surface area contributed by atoms with Crippen molar-refractivity contribution in [2.24, 2.45) is 5.92 Å². The molecule has 0 bridgehead atoms. The second-order valence-corrected chi connectivity index (χ2v) is 2.82. The predicted molar refractivity (Wildman–Crippen MR) is 58.5 cm³/mol. The summed E-state index contributed by atoms with van der Waals surface area (Å²) < 4.78 is 0. The molecular formula is C12H18O. The highest BCUT2D eigenvalue weighted by molar-refractivity contribution is 5.03. The fourth-order valence-electron chi connectivity index (χ4n) is 1.05. The Kier molecular flexibility index (Phi) is 6.93. The van der Waals surface area contributed by atoms with Gasteiger partial charge in [-0.2, -0.15) is 0 Å². The molecule has 1 heteroatoms. The molecule has 0 heterocycles. The number of hydrogen-bond acceptors (Lipinski definition) is 1. The van der Waals surface area contributed by atoms with E-state index in [1.165, 1.54) is 0 Å². The van der Waals surface area contributed by atoms with E-state index in [2.05, 4.69) is 13.2 Å². The van der Waals surface area contributed by atoms with Gasteiger partial charge in [0.25, 0.3) is 0 Å². The van der Waals surface area contributed by atoms with Crippen LogP contribution in [0.4, 0.5) is 0 Å². The number of allylic oxidation sites excluding steroid dienone is 4. The molecule has 0 spiro atoms. The molecule has 0 saturated heterocycles. The smallest absolute Gasteiger partial charge is 0.0786 e. The van der Waals surface area contributed by atoms with Crippen molar-refractivity contribution < 1.29 is 5.11 Å². The highest BCUT2D eigenvalue weighted by Crippen LogP contribution is 2.12.